The van der Waals surface area contributed by atoms with Crippen molar-refractivity contribution in [2.24, 2.45) is 0 Å². The molecule has 0 unspecified atom stereocenters. The van der Waals surface area contributed by atoms with Gasteiger partial charge in [-0.15, -0.1) is 0 Å². The number of carbonyl (C=O) groups is 1. The van der Waals surface area contributed by atoms with E-state index in [0.29, 0.717) is 11.1 Å². The van der Waals surface area contributed by atoms with Crippen LogP contribution in [0.25, 0.3) is 0 Å². The minimum absolute atomic E-state index is 0.0180. The Labute approximate surface area is 114 Å². The van der Waals surface area contributed by atoms with Crippen LogP contribution in [0.1, 0.15) is 27.3 Å². The van der Waals surface area contributed by atoms with E-state index in [1.807, 2.05) is 6.07 Å². The van der Waals surface area contributed by atoms with Gasteiger partial charge >= 0.3 is 0 Å². The molecule has 0 atom stereocenters. The van der Waals surface area contributed by atoms with Gasteiger partial charge in [0, 0.05) is 5.56 Å². The Morgan fingerprint density at radius 2 is 2.15 bits per heavy atom. The predicted octanol–water partition coefficient (Wildman–Crippen LogP) is 1.96. The topological polar surface area (TPSA) is 82.5 Å². The minimum Gasteiger partial charge on any atom is -0.313 e. The smallest absolute Gasteiger partial charge is 0.182 e. The molecule has 1 aromatic carbocycles. The molecule has 0 amide bonds. The van der Waals surface area contributed by atoms with Gasteiger partial charge < -0.3 is 4.57 Å². The largest absolute Gasteiger partial charge is 0.313 e. The molecule has 0 fully saturated rings. The van der Waals surface area contributed by atoms with Gasteiger partial charge in [-0.25, -0.2) is 9.37 Å². The van der Waals surface area contributed by atoms with Gasteiger partial charge in [0.15, 0.2) is 17.2 Å². The molecule has 0 bridgehead atoms. The zero-order chi connectivity index (χ0) is 14.7. The number of aromatic nitrogens is 2. The quantitative estimate of drug-likeness (QED) is 0.796. The number of hydrogen-bond donors (Lipinski definition) is 0. The summed E-state index contributed by atoms with van der Waals surface area (Å²) in [5.74, 6) is -0.667. The summed E-state index contributed by atoms with van der Waals surface area (Å²) in [7, 11) is 0. The standard InChI is InChI=1S/C14H9FN4O/c1-9-4-10(2-3-11(9)15)14(20)7-19-8-18-12(5-16)13(19)6-17/h2-4,8H,7H2,1H3. The van der Waals surface area contributed by atoms with Gasteiger partial charge in [-0.1, -0.05) is 0 Å². The zero-order valence-corrected chi connectivity index (χ0v) is 10.6. The third kappa shape index (κ3) is 2.40. The Kier molecular flexibility index (Phi) is 3.58. The van der Waals surface area contributed by atoms with Gasteiger partial charge in [0.2, 0.25) is 0 Å². The monoisotopic (exact) mass is 268 g/mol. The summed E-state index contributed by atoms with van der Waals surface area (Å²) in [5.41, 5.74) is 0.745. The molecular weight excluding hydrogens is 259 g/mol. The van der Waals surface area contributed by atoms with Crippen LogP contribution in [0.3, 0.4) is 0 Å². The van der Waals surface area contributed by atoms with Crippen molar-refractivity contribution in [3.05, 3.63) is 52.9 Å². The summed E-state index contributed by atoms with van der Waals surface area (Å²) in [6, 6.07) is 7.68. The van der Waals surface area contributed by atoms with Crippen LogP contribution in [0.2, 0.25) is 0 Å². The summed E-state index contributed by atoms with van der Waals surface area (Å²) < 4.78 is 14.5. The maximum absolute atomic E-state index is 13.2. The highest BCUT2D eigenvalue weighted by Gasteiger charge is 2.14. The van der Waals surface area contributed by atoms with Crippen LogP contribution in [0.15, 0.2) is 24.5 Å². The fraction of sp³-hybridized carbons (Fsp3) is 0.143. The Hall–Kier alpha value is -2.99. The molecule has 0 N–H and O–H groups in total. The summed E-state index contributed by atoms with van der Waals surface area (Å²) in [5, 5.41) is 17.7. The first-order chi connectivity index (χ1) is 9.56. The van der Waals surface area contributed by atoms with Gasteiger partial charge in [-0.3, -0.25) is 4.79 Å². The summed E-state index contributed by atoms with van der Waals surface area (Å²) in [6.07, 6.45) is 1.27. The average Bonchev–Trinajstić information content (AvgIpc) is 2.83. The van der Waals surface area contributed by atoms with Crippen molar-refractivity contribution in [1.82, 2.24) is 9.55 Å². The van der Waals surface area contributed by atoms with E-state index in [0.717, 1.165) is 0 Å². The molecule has 5 nitrogen and oxygen atoms in total. The molecule has 0 saturated heterocycles. The Balaban J connectivity index is 2.29. The van der Waals surface area contributed by atoms with E-state index < -0.39 is 0 Å². The summed E-state index contributed by atoms with van der Waals surface area (Å²) >= 11 is 0. The molecule has 1 heterocycles. The van der Waals surface area contributed by atoms with Crippen molar-refractivity contribution < 1.29 is 9.18 Å². The fourth-order valence-electron chi connectivity index (χ4n) is 1.77. The van der Waals surface area contributed by atoms with E-state index in [9.17, 15) is 9.18 Å². The minimum atomic E-state index is -0.381. The van der Waals surface area contributed by atoms with Crippen LogP contribution in [-0.2, 0) is 6.54 Å². The highest BCUT2D eigenvalue weighted by atomic mass is 19.1. The average molecular weight is 268 g/mol. The zero-order valence-electron chi connectivity index (χ0n) is 10.6. The van der Waals surface area contributed by atoms with Crippen molar-refractivity contribution in [3.8, 4) is 12.1 Å². The van der Waals surface area contributed by atoms with E-state index in [4.69, 9.17) is 10.5 Å². The van der Waals surface area contributed by atoms with Gasteiger partial charge in [-0.05, 0) is 30.7 Å². The Morgan fingerprint density at radius 3 is 2.75 bits per heavy atom. The van der Waals surface area contributed by atoms with Gasteiger partial charge in [0.1, 0.15) is 18.0 Å². The van der Waals surface area contributed by atoms with Crippen LogP contribution in [0.4, 0.5) is 4.39 Å². The van der Waals surface area contributed by atoms with Crippen molar-refractivity contribution in [1.29, 1.82) is 10.5 Å². The number of benzene rings is 1. The molecule has 0 aliphatic heterocycles. The molecule has 0 spiro atoms. The van der Waals surface area contributed by atoms with Crippen molar-refractivity contribution >= 4 is 5.78 Å². The third-order valence-electron chi connectivity index (χ3n) is 2.84. The highest BCUT2D eigenvalue weighted by molar-refractivity contribution is 5.96. The summed E-state index contributed by atoms with van der Waals surface area (Å²) in [6.45, 7) is 1.44. The van der Waals surface area contributed by atoms with Crippen LogP contribution >= 0.6 is 0 Å². The number of halogens is 1. The lowest BCUT2D eigenvalue weighted by Crippen LogP contribution is -2.11. The first-order valence-corrected chi connectivity index (χ1v) is 5.71. The van der Waals surface area contributed by atoms with Crippen LogP contribution in [-0.4, -0.2) is 15.3 Å². The lowest BCUT2D eigenvalue weighted by Gasteiger charge is -2.05. The van der Waals surface area contributed by atoms with Crippen molar-refractivity contribution in [2.75, 3.05) is 0 Å². The predicted molar refractivity (Wildman–Crippen MR) is 67.1 cm³/mol. The van der Waals surface area contributed by atoms with E-state index in [2.05, 4.69) is 4.98 Å². The van der Waals surface area contributed by atoms with Crippen LogP contribution in [0.5, 0.6) is 0 Å². The maximum Gasteiger partial charge on any atom is 0.182 e. The van der Waals surface area contributed by atoms with Crippen molar-refractivity contribution in [3.63, 3.8) is 0 Å². The van der Waals surface area contributed by atoms with Gasteiger partial charge in [0.25, 0.3) is 0 Å². The number of carbonyl (C=O) groups excluding carboxylic acids is 1. The number of nitriles is 2. The Bertz CT molecular complexity index is 764. The molecule has 0 saturated carbocycles. The normalized spacial score (nSPS) is 9.80. The molecule has 2 rings (SSSR count). The molecular formula is C14H9FN4O. The second-order valence-corrected chi connectivity index (χ2v) is 4.18. The summed E-state index contributed by atoms with van der Waals surface area (Å²) in [4.78, 5) is 15.8. The molecule has 6 heteroatoms. The van der Waals surface area contributed by atoms with E-state index >= 15 is 0 Å². The first kappa shape index (κ1) is 13.4. The number of rotatable bonds is 3. The number of imidazole rings is 1. The number of aryl methyl sites for hydroxylation is 1. The van der Waals surface area contributed by atoms with Crippen molar-refractivity contribution in [2.45, 2.75) is 13.5 Å². The lowest BCUT2D eigenvalue weighted by molar-refractivity contribution is 0.0971. The van der Waals surface area contributed by atoms with Crippen LogP contribution < -0.4 is 0 Å². The number of hydrogen-bond acceptors (Lipinski definition) is 4. The Morgan fingerprint density at radius 1 is 1.40 bits per heavy atom. The molecule has 0 aliphatic carbocycles. The number of ketones is 1. The maximum atomic E-state index is 13.2. The molecule has 0 radical (unpaired) electrons. The van der Waals surface area contributed by atoms with Gasteiger partial charge in [-0.2, -0.15) is 10.5 Å². The second-order valence-electron chi connectivity index (χ2n) is 4.18. The number of Topliss-reactive ketones (excluding diaryl/α,β-unsaturated/α-hetero) is 1. The third-order valence-corrected chi connectivity index (χ3v) is 2.84. The molecule has 2 aromatic rings. The van der Waals surface area contributed by atoms with Crippen LogP contribution in [0, 0.1) is 35.4 Å². The van der Waals surface area contributed by atoms with Gasteiger partial charge in [0.05, 0.1) is 12.9 Å². The molecule has 20 heavy (non-hydrogen) atoms. The van der Waals surface area contributed by atoms with E-state index in [1.165, 1.54) is 29.1 Å². The molecule has 1 aromatic heterocycles. The SMILES string of the molecule is Cc1cc(C(=O)Cn2cnc(C#N)c2C#N)ccc1F. The molecule has 98 valence electrons. The number of nitrogens with zero attached hydrogens (tertiary/aromatic N) is 4. The first-order valence-electron chi connectivity index (χ1n) is 5.71. The second kappa shape index (κ2) is 5.33. The molecule has 0 aliphatic rings. The van der Waals surface area contributed by atoms with E-state index in [-0.39, 0.29) is 29.5 Å². The highest BCUT2D eigenvalue weighted by Crippen LogP contribution is 2.12. The fourth-order valence-corrected chi connectivity index (χ4v) is 1.77. The van der Waals surface area contributed by atoms with E-state index in [1.54, 1.807) is 13.0 Å². The lowest BCUT2D eigenvalue weighted by atomic mass is 10.1.